The van der Waals surface area contributed by atoms with E-state index in [4.69, 9.17) is 9.47 Å². The molecule has 0 aromatic carbocycles. The summed E-state index contributed by atoms with van der Waals surface area (Å²) >= 11 is 0. The summed E-state index contributed by atoms with van der Waals surface area (Å²) in [6, 6.07) is 3.12. The molecule has 4 nitrogen and oxygen atoms in total. The lowest BCUT2D eigenvalue weighted by Crippen LogP contribution is -2.50. The predicted molar refractivity (Wildman–Crippen MR) is 71.6 cm³/mol. The second kappa shape index (κ2) is 5.78. The first-order valence-corrected chi connectivity index (χ1v) is 7.68. The van der Waals surface area contributed by atoms with Crippen molar-refractivity contribution in [1.29, 1.82) is 5.26 Å². The van der Waals surface area contributed by atoms with Gasteiger partial charge in [-0.25, -0.2) is 0 Å². The van der Waals surface area contributed by atoms with E-state index in [0.717, 1.165) is 51.9 Å². The van der Waals surface area contributed by atoms with Crippen molar-refractivity contribution in [2.75, 3.05) is 19.8 Å². The van der Waals surface area contributed by atoms with Crippen molar-refractivity contribution in [3.63, 3.8) is 0 Å². The molecule has 1 heterocycles. The number of ether oxygens (including phenoxy) is 2. The molecule has 3 rings (SSSR count). The minimum atomic E-state index is -0.323. The Bertz CT molecular complexity index is 345. The monoisotopic (exact) mass is 264 g/mol. The third-order valence-electron chi connectivity index (χ3n) is 4.57. The summed E-state index contributed by atoms with van der Waals surface area (Å²) < 4.78 is 11.4. The second-order valence-electron chi connectivity index (χ2n) is 6.39. The van der Waals surface area contributed by atoms with Crippen LogP contribution in [0.5, 0.6) is 0 Å². The highest BCUT2D eigenvalue weighted by Crippen LogP contribution is 2.34. The number of nitrogens with zero attached hydrogens (tertiary/aromatic N) is 1. The van der Waals surface area contributed by atoms with E-state index in [0.29, 0.717) is 12.0 Å². The van der Waals surface area contributed by atoms with Gasteiger partial charge in [-0.3, -0.25) is 5.32 Å². The number of hydrogen-bond donors (Lipinski definition) is 1. The van der Waals surface area contributed by atoms with E-state index in [2.05, 4.69) is 11.4 Å². The van der Waals surface area contributed by atoms with Crippen LogP contribution in [-0.4, -0.2) is 37.5 Å². The van der Waals surface area contributed by atoms with Crippen molar-refractivity contribution in [3.8, 4) is 6.07 Å². The molecular formula is C15H24N2O2. The zero-order valence-corrected chi connectivity index (χ0v) is 11.6. The average molecular weight is 264 g/mol. The predicted octanol–water partition coefficient (Wildman–Crippen LogP) is 2.00. The molecule has 2 saturated carbocycles. The highest BCUT2D eigenvalue weighted by Gasteiger charge is 2.41. The molecule has 0 amide bonds. The van der Waals surface area contributed by atoms with Gasteiger partial charge in [-0.1, -0.05) is 0 Å². The van der Waals surface area contributed by atoms with Crippen LogP contribution < -0.4 is 5.32 Å². The Morgan fingerprint density at radius 3 is 2.89 bits per heavy atom. The van der Waals surface area contributed by atoms with Crippen LogP contribution in [0.25, 0.3) is 0 Å². The molecule has 106 valence electrons. The zero-order chi connectivity index (χ0) is 13.1. The van der Waals surface area contributed by atoms with Gasteiger partial charge >= 0.3 is 0 Å². The lowest BCUT2D eigenvalue weighted by molar-refractivity contribution is -0.00990. The average Bonchev–Trinajstić information content (AvgIpc) is 3.08. The summed E-state index contributed by atoms with van der Waals surface area (Å²) in [6.45, 7) is 2.52. The minimum absolute atomic E-state index is 0.250. The molecule has 1 N–H and O–H groups in total. The number of hydrogen-bond acceptors (Lipinski definition) is 4. The van der Waals surface area contributed by atoms with Gasteiger partial charge in [0, 0.05) is 25.0 Å². The topological polar surface area (TPSA) is 54.3 Å². The fraction of sp³-hybridized carbons (Fsp3) is 0.933. The van der Waals surface area contributed by atoms with Crippen LogP contribution in [0.3, 0.4) is 0 Å². The number of rotatable bonds is 5. The summed E-state index contributed by atoms with van der Waals surface area (Å²) in [4.78, 5) is 0. The summed E-state index contributed by atoms with van der Waals surface area (Å²) in [6.07, 6.45) is 7.86. The van der Waals surface area contributed by atoms with Gasteiger partial charge in [0.15, 0.2) is 0 Å². The Kier molecular flexibility index (Phi) is 4.07. The molecule has 2 aliphatic carbocycles. The van der Waals surface area contributed by atoms with E-state index < -0.39 is 0 Å². The maximum atomic E-state index is 9.53. The van der Waals surface area contributed by atoms with E-state index >= 15 is 0 Å². The Balaban J connectivity index is 1.49. The fourth-order valence-corrected chi connectivity index (χ4v) is 3.24. The van der Waals surface area contributed by atoms with Gasteiger partial charge in [0.25, 0.3) is 0 Å². The number of nitrogens with one attached hydrogen (secondary N) is 1. The highest BCUT2D eigenvalue weighted by molar-refractivity contribution is 5.12. The van der Waals surface area contributed by atoms with Crippen molar-refractivity contribution in [2.24, 2.45) is 5.92 Å². The van der Waals surface area contributed by atoms with Gasteiger partial charge < -0.3 is 9.47 Å². The van der Waals surface area contributed by atoms with Gasteiger partial charge in [0.2, 0.25) is 0 Å². The minimum Gasteiger partial charge on any atom is -0.381 e. The molecule has 4 heteroatoms. The SMILES string of the molecule is N#CC1(NC2CC2)CCCC(OCC2CCOC2)C1. The van der Waals surface area contributed by atoms with Gasteiger partial charge in [-0.05, 0) is 38.5 Å². The van der Waals surface area contributed by atoms with E-state index in [9.17, 15) is 5.26 Å². The number of nitriles is 1. The molecule has 0 bridgehead atoms. The lowest BCUT2D eigenvalue weighted by atomic mass is 9.81. The van der Waals surface area contributed by atoms with Crippen molar-refractivity contribution >= 4 is 0 Å². The summed E-state index contributed by atoms with van der Waals surface area (Å²) in [5.41, 5.74) is -0.323. The molecule has 0 aromatic rings. The van der Waals surface area contributed by atoms with Crippen LogP contribution in [0.4, 0.5) is 0 Å². The first-order chi connectivity index (χ1) is 9.30. The molecule has 0 radical (unpaired) electrons. The Morgan fingerprint density at radius 2 is 2.21 bits per heavy atom. The molecule has 19 heavy (non-hydrogen) atoms. The molecule has 3 atom stereocenters. The maximum absolute atomic E-state index is 9.53. The van der Waals surface area contributed by atoms with E-state index in [-0.39, 0.29) is 11.6 Å². The van der Waals surface area contributed by atoms with Crippen molar-refractivity contribution in [3.05, 3.63) is 0 Å². The van der Waals surface area contributed by atoms with Crippen LogP contribution in [0.15, 0.2) is 0 Å². The lowest BCUT2D eigenvalue weighted by Gasteiger charge is -2.36. The first kappa shape index (κ1) is 13.4. The van der Waals surface area contributed by atoms with Gasteiger partial charge in [-0.15, -0.1) is 0 Å². The normalized spacial score (nSPS) is 39.1. The second-order valence-corrected chi connectivity index (χ2v) is 6.39. The smallest absolute Gasteiger partial charge is 0.109 e. The molecule has 1 saturated heterocycles. The first-order valence-electron chi connectivity index (χ1n) is 7.68. The van der Waals surface area contributed by atoms with Gasteiger partial charge in [0.1, 0.15) is 5.54 Å². The largest absolute Gasteiger partial charge is 0.381 e. The molecule has 0 spiro atoms. The molecular weight excluding hydrogens is 240 g/mol. The molecule has 3 aliphatic rings. The van der Waals surface area contributed by atoms with Crippen molar-refractivity contribution < 1.29 is 9.47 Å². The molecule has 3 fully saturated rings. The molecule has 3 unspecified atom stereocenters. The van der Waals surface area contributed by atoms with Crippen LogP contribution in [-0.2, 0) is 9.47 Å². The molecule has 1 aliphatic heterocycles. The van der Waals surface area contributed by atoms with E-state index in [1.165, 1.54) is 12.8 Å². The van der Waals surface area contributed by atoms with Crippen LogP contribution in [0.1, 0.15) is 44.9 Å². The Hall–Kier alpha value is -0.630. The van der Waals surface area contributed by atoms with Crippen molar-refractivity contribution in [2.45, 2.75) is 62.6 Å². The third-order valence-corrected chi connectivity index (χ3v) is 4.57. The van der Waals surface area contributed by atoms with Crippen LogP contribution in [0.2, 0.25) is 0 Å². The van der Waals surface area contributed by atoms with Crippen LogP contribution >= 0.6 is 0 Å². The quantitative estimate of drug-likeness (QED) is 0.825. The van der Waals surface area contributed by atoms with Crippen LogP contribution in [0, 0.1) is 17.2 Å². The van der Waals surface area contributed by atoms with E-state index in [1.807, 2.05) is 0 Å². The highest BCUT2D eigenvalue weighted by atomic mass is 16.5. The Morgan fingerprint density at radius 1 is 1.32 bits per heavy atom. The van der Waals surface area contributed by atoms with E-state index in [1.54, 1.807) is 0 Å². The standard InChI is InChI=1S/C15H24N2O2/c16-11-15(17-13-3-4-13)6-1-2-14(8-15)19-10-12-5-7-18-9-12/h12-14,17H,1-10H2. The van der Waals surface area contributed by atoms with Gasteiger partial charge in [-0.2, -0.15) is 5.26 Å². The summed E-state index contributed by atoms with van der Waals surface area (Å²) in [5, 5.41) is 13.1. The fourth-order valence-electron chi connectivity index (χ4n) is 3.24. The van der Waals surface area contributed by atoms with Gasteiger partial charge in [0.05, 0.1) is 25.4 Å². The van der Waals surface area contributed by atoms with Crippen molar-refractivity contribution in [1.82, 2.24) is 5.32 Å². The summed E-state index contributed by atoms with van der Waals surface area (Å²) in [5.74, 6) is 0.565. The maximum Gasteiger partial charge on any atom is 0.109 e. The third kappa shape index (κ3) is 3.47. The Labute approximate surface area is 115 Å². The summed E-state index contributed by atoms with van der Waals surface area (Å²) in [7, 11) is 0. The molecule has 0 aromatic heterocycles. The zero-order valence-electron chi connectivity index (χ0n) is 11.6.